The number of aromatic nitrogens is 2. The fraction of sp³-hybridized carbons (Fsp3) is 0.200. The number of rotatable bonds is 4. The summed E-state index contributed by atoms with van der Waals surface area (Å²) in [5, 5.41) is 9.44. The molecule has 1 aliphatic heterocycles. The molecule has 5 rings (SSSR count). The highest BCUT2D eigenvalue weighted by Crippen LogP contribution is 2.24. The number of piperazine rings is 1. The SMILES string of the molecule is COc1cccc(-c2ccc(N3CCN(C(=O)c4cc5cc(Br)ccc5oc4=O)CC3)nn2)c1. The molecule has 0 aliphatic carbocycles. The van der Waals surface area contributed by atoms with Crippen molar-refractivity contribution in [2.24, 2.45) is 0 Å². The van der Waals surface area contributed by atoms with Crippen LogP contribution in [0.25, 0.3) is 22.2 Å². The molecule has 3 heterocycles. The van der Waals surface area contributed by atoms with Gasteiger partial charge in [0.25, 0.3) is 5.91 Å². The Morgan fingerprint density at radius 3 is 2.56 bits per heavy atom. The Balaban J connectivity index is 1.27. The summed E-state index contributed by atoms with van der Waals surface area (Å²) in [5.74, 6) is 1.18. The van der Waals surface area contributed by atoms with Crippen LogP contribution in [0.4, 0.5) is 5.82 Å². The number of amides is 1. The van der Waals surface area contributed by atoms with E-state index in [2.05, 4.69) is 31.0 Å². The second-order valence-electron chi connectivity index (χ2n) is 7.92. The molecule has 0 saturated carbocycles. The zero-order chi connectivity index (χ0) is 23.7. The zero-order valence-corrected chi connectivity index (χ0v) is 20.0. The molecule has 0 N–H and O–H groups in total. The molecular formula is C25H21BrN4O4. The molecule has 4 aromatic rings. The quantitative estimate of drug-likeness (QED) is 0.376. The number of halogens is 1. The van der Waals surface area contributed by atoms with Gasteiger partial charge in [-0.25, -0.2) is 4.79 Å². The maximum absolute atomic E-state index is 13.0. The van der Waals surface area contributed by atoms with Crippen LogP contribution >= 0.6 is 15.9 Å². The summed E-state index contributed by atoms with van der Waals surface area (Å²) in [4.78, 5) is 29.2. The van der Waals surface area contributed by atoms with Crippen LogP contribution in [0.5, 0.6) is 5.75 Å². The molecule has 0 bridgehead atoms. The van der Waals surface area contributed by atoms with Crippen molar-refractivity contribution < 1.29 is 13.9 Å². The number of fused-ring (bicyclic) bond motifs is 1. The Morgan fingerprint density at radius 2 is 1.82 bits per heavy atom. The molecule has 0 atom stereocenters. The zero-order valence-electron chi connectivity index (χ0n) is 18.4. The Morgan fingerprint density at radius 1 is 1.00 bits per heavy atom. The van der Waals surface area contributed by atoms with Gasteiger partial charge in [-0.3, -0.25) is 4.79 Å². The van der Waals surface area contributed by atoms with Crippen molar-refractivity contribution in [1.29, 1.82) is 0 Å². The van der Waals surface area contributed by atoms with Gasteiger partial charge in [0, 0.05) is 41.6 Å². The lowest BCUT2D eigenvalue weighted by atomic mass is 10.1. The first kappa shape index (κ1) is 22.1. The molecule has 172 valence electrons. The Bertz CT molecular complexity index is 1410. The number of benzene rings is 2. The van der Waals surface area contributed by atoms with Gasteiger partial charge in [-0.15, -0.1) is 10.2 Å². The van der Waals surface area contributed by atoms with Crippen molar-refractivity contribution in [3.05, 3.63) is 81.1 Å². The second-order valence-corrected chi connectivity index (χ2v) is 8.83. The van der Waals surface area contributed by atoms with Crippen LogP contribution in [-0.2, 0) is 0 Å². The van der Waals surface area contributed by atoms with Crippen molar-refractivity contribution in [2.75, 3.05) is 38.2 Å². The maximum atomic E-state index is 13.0. The Kier molecular flexibility index (Phi) is 6.02. The number of methoxy groups -OCH3 is 1. The minimum atomic E-state index is -0.624. The minimum Gasteiger partial charge on any atom is -0.497 e. The van der Waals surface area contributed by atoms with Gasteiger partial charge in [0.05, 0.1) is 12.8 Å². The second kappa shape index (κ2) is 9.26. The number of hydrogen-bond acceptors (Lipinski definition) is 7. The van der Waals surface area contributed by atoms with E-state index >= 15 is 0 Å². The van der Waals surface area contributed by atoms with E-state index in [9.17, 15) is 9.59 Å². The Hall–Kier alpha value is -3.72. The normalized spacial score (nSPS) is 13.8. The summed E-state index contributed by atoms with van der Waals surface area (Å²) in [6.07, 6.45) is 0. The van der Waals surface area contributed by atoms with E-state index in [1.807, 2.05) is 42.5 Å². The third kappa shape index (κ3) is 4.38. The number of ether oxygens (including phenoxy) is 1. The molecular weight excluding hydrogens is 500 g/mol. The highest BCUT2D eigenvalue weighted by Gasteiger charge is 2.25. The summed E-state index contributed by atoms with van der Waals surface area (Å²) in [6.45, 7) is 2.11. The number of hydrogen-bond donors (Lipinski definition) is 0. The predicted molar refractivity (Wildman–Crippen MR) is 132 cm³/mol. The summed E-state index contributed by atoms with van der Waals surface area (Å²) in [7, 11) is 1.63. The first-order valence-electron chi connectivity index (χ1n) is 10.8. The van der Waals surface area contributed by atoms with Crippen molar-refractivity contribution in [3.8, 4) is 17.0 Å². The number of nitrogens with zero attached hydrogens (tertiary/aromatic N) is 4. The summed E-state index contributed by atoms with van der Waals surface area (Å²) < 4.78 is 11.5. The molecule has 0 spiro atoms. The molecule has 8 nitrogen and oxygen atoms in total. The number of carbonyl (C=O) groups is 1. The van der Waals surface area contributed by atoms with Crippen LogP contribution in [0, 0.1) is 0 Å². The van der Waals surface area contributed by atoms with Crippen LogP contribution in [0.2, 0.25) is 0 Å². The van der Waals surface area contributed by atoms with Crippen molar-refractivity contribution in [3.63, 3.8) is 0 Å². The minimum absolute atomic E-state index is 0.0430. The third-order valence-electron chi connectivity index (χ3n) is 5.83. The molecule has 9 heteroatoms. The van der Waals surface area contributed by atoms with E-state index in [-0.39, 0.29) is 11.5 Å². The molecule has 1 aliphatic rings. The number of anilines is 1. The van der Waals surface area contributed by atoms with Crippen molar-refractivity contribution in [1.82, 2.24) is 15.1 Å². The third-order valence-corrected chi connectivity index (χ3v) is 6.32. The predicted octanol–water partition coefficient (Wildman–Crippen LogP) is 3.98. The largest absolute Gasteiger partial charge is 0.497 e. The number of carbonyl (C=O) groups excluding carboxylic acids is 1. The van der Waals surface area contributed by atoms with Crippen molar-refractivity contribution >= 4 is 38.6 Å². The summed E-state index contributed by atoms with van der Waals surface area (Å²) in [6, 6.07) is 18.4. The van der Waals surface area contributed by atoms with Crippen LogP contribution in [-0.4, -0.2) is 54.3 Å². The van der Waals surface area contributed by atoms with Crippen molar-refractivity contribution in [2.45, 2.75) is 0 Å². The molecule has 2 aromatic carbocycles. The van der Waals surface area contributed by atoms with E-state index in [0.717, 1.165) is 27.3 Å². The van der Waals surface area contributed by atoms with E-state index in [1.165, 1.54) is 0 Å². The maximum Gasteiger partial charge on any atom is 0.349 e. The lowest BCUT2D eigenvalue weighted by Gasteiger charge is -2.35. The molecule has 34 heavy (non-hydrogen) atoms. The Labute approximate surface area is 203 Å². The fourth-order valence-electron chi connectivity index (χ4n) is 3.98. The van der Waals surface area contributed by atoms with Gasteiger partial charge in [-0.2, -0.15) is 0 Å². The van der Waals surface area contributed by atoms with Gasteiger partial charge in [0.1, 0.15) is 16.9 Å². The summed E-state index contributed by atoms with van der Waals surface area (Å²) in [5.41, 5.74) is 1.55. The average molecular weight is 521 g/mol. The lowest BCUT2D eigenvalue weighted by molar-refractivity contribution is 0.0742. The standard InChI is InChI=1S/C25H21BrN4O4/c1-33-19-4-2-3-16(14-19)21-6-8-23(28-27-21)29-9-11-30(12-10-29)24(31)20-15-17-13-18(26)5-7-22(17)34-25(20)32/h2-8,13-15H,9-12H2,1H3. The van der Waals surface area contributed by atoms with Crippen LogP contribution in [0.1, 0.15) is 10.4 Å². The van der Waals surface area contributed by atoms with E-state index in [1.54, 1.807) is 30.2 Å². The van der Waals surface area contributed by atoms with E-state index < -0.39 is 5.63 Å². The first-order chi connectivity index (χ1) is 16.5. The van der Waals surface area contributed by atoms with Gasteiger partial charge in [-0.05, 0) is 48.5 Å². The van der Waals surface area contributed by atoms with Crippen LogP contribution in [0.3, 0.4) is 0 Å². The van der Waals surface area contributed by atoms with E-state index in [0.29, 0.717) is 37.1 Å². The van der Waals surface area contributed by atoms with Gasteiger partial charge >= 0.3 is 5.63 Å². The van der Waals surface area contributed by atoms with Gasteiger partial charge < -0.3 is 19.0 Å². The lowest BCUT2D eigenvalue weighted by Crippen LogP contribution is -2.49. The topological polar surface area (TPSA) is 88.8 Å². The van der Waals surface area contributed by atoms with Gasteiger partial charge in [0.2, 0.25) is 0 Å². The highest BCUT2D eigenvalue weighted by molar-refractivity contribution is 9.10. The highest BCUT2D eigenvalue weighted by atomic mass is 79.9. The molecule has 0 unspecified atom stereocenters. The molecule has 1 saturated heterocycles. The van der Waals surface area contributed by atoms with E-state index in [4.69, 9.17) is 9.15 Å². The van der Waals surface area contributed by atoms with Crippen LogP contribution in [0.15, 0.2) is 74.3 Å². The fourth-order valence-corrected chi connectivity index (χ4v) is 4.36. The first-order valence-corrected chi connectivity index (χ1v) is 11.6. The molecule has 1 fully saturated rings. The molecule has 0 radical (unpaired) electrons. The smallest absolute Gasteiger partial charge is 0.349 e. The van der Waals surface area contributed by atoms with Gasteiger partial charge in [0.15, 0.2) is 5.82 Å². The molecule has 1 amide bonds. The average Bonchev–Trinajstić information content (AvgIpc) is 2.88. The van der Waals surface area contributed by atoms with Gasteiger partial charge in [-0.1, -0.05) is 28.1 Å². The van der Waals surface area contributed by atoms with Crippen LogP contribution < -0.4 is 15.3 Å². The molecule has 2 aromatic heterocycles. The monoisotopic (exact) mass is 520 g/mol. The summed E-state index contributed by atoms with van der Waals surface area (Å²) >= 11 is 3.40.